The molecule has 0 radical (unpaired) electrons. The van der Waals surface area contributed by atoms with Gasteiger partial charge >= 0.3 is 0 Å². The molecule has 2 aromatic rings. The van der Waals surface area contributed by atoms with E-state index in [1.165, 1.54) is 16.9 Å². The van der Waals surface area contributed by atoms with Crippen LogP contribution in [0.4, 0.5) is 5.00 Å². The average Bonchev–Trinajstić information content (AvgIpc) is 2.93. The molecule has 124 valence electrons. The molecule has 1 aromatic carbocycles. The van der Waals surface area contributed by atoms with Gasteiger partial charge in [0.15, 0.2) is 0 Å². The summed E-state index contributed by atoms with van der Waals surface area (Å²) in [5, 5.41) is 7.71. The Kier molecular flexibility index (Phi) is 3.93. The molecular formula is C20H22N2OS. The van der Waals surface area contributed by atoms with Gasteiger partial charge in [0, 0.05) is 4.88 Å². The lowest BCUT2D eigenvalue weighted by Gasteiger charge is -2.27. The van der Waals surface area contributed by atoms with Crippen molar-refractivity contribution in [3.63, 3.8) is 0 Å². The minimum Gasteiger partial charge on any atom is -0.353 e. The van der Waals surface area contributed by atoms with Crippen molar-refractivity contribution in [3.8, 4) is 0 Å². The Morgan fingerprint density at radius 3 is 2.83 bits per heavy atom. The number of nitrogens with one attached hydrogen (secondary N) is 2. The van der Waals surface area contributed by atoms with E-state index in [1.54, 1.807) is 11.3 Å². The summed E-state index contributed by atoms with van der Waals surface area (Å²) in [7, 11) is 0. The largest absolute Gasteiger partial charge is 0.353 e. The highest BCUT2D eigenvalue weighted by atomic mass is 32.1. The van der Waals surface area contributed by atoms with E-state index >= 15 is 0 Å². The molecular weight excluding hydrogens is 316 g/mol. The number of anilines is 1. The molecule has 3 nitrogen and oxygen atoms in total. The van der Waals surface area contributed by atoms with Crippen LogP contribution in [0.5, 0.6) is 0 Å². The first-order valence-corrected chi connectivity index (χ1v) is 9.38. The predicted molar refractivity (Wildman–Crippen MR) is 100 cm³/mol. The molecule has 4 rings (SSSR count). The number of hydrogen-bond donors (Lipinski definition) is 2. The fourth-order valence-corrected chi connectivity index (χ4v) is 5.02. The Morgan fingerprint density at radius 1 is 1.25 bits per heavy atom. The SMILES string of the molecule is C/C(=C\c1ccccc1)[C@@H]1NC(=O)c2c(sc3c2CC[C@@H](C)C3)N1. The maximum absolute atomic E-state index is 12.7. The lowest BCUT2D eigenvalue weighted by atomic mass is 9.88. The van der Waals surface area contributed by atoms with Crippen LogP contribution in [-0.4, -0.2) is 12.1 Å². The molecule has 0 saturated heterocycles. The van der Waals surface area contributed by atoms with Crippen LogP contribution in [0.2, 0.25) is 0 Å². The lowest BCUT2D eigenvalue weighted by Crippen LogP contribution is -2.45. The van der Waals surface area contributed by atoms with E-state index in [4.69, 9.17) is 0 Å². The predicted octanol–water partition coefficient (Wildman–Crippen LogP) is 4.46. The summed E-state index contributed by atoms with van der Waals surface area (Å²) in [5.74, 6) is 0.790. The quantitative estimate of drug-likeness (QED) is 0.849. The van der Waals surface area contributed by atoms with Gasteiger partial charge in [0.05, 0.1) is 5.56 Å². The molecule has 2 heterocycles. The van der Waals surface area contributed by atoms with Gasteiger partial charge in [-0.05, 0) is 48.8 Å². The van der Waals surface area contributed by atoms with Crippen molar-refractivity contribution in [3.05, 3.63) is 57.5 Å². The third-order valence-electron chi connectivity index (χ3n) is 4.94. The first kappa shape index (κ1) is 15.5. The topological polar surface area (TPSA) is 41.1 Å². The molecule has 1 aliphatic heterocycles. The van der Waals surface area contributed by atoms with Crippen molar-refractivity contribution < 1.29 is 4.79 Å². The minimum absolute atomic E-state index is 0.0709. The van der Waals surface area contributed by atoms with Crippen LogP contribution in [0.15, 0.2) is 35.9 Å². The number of hydrogen-bond acceptors (Lipinski definition) is 3. The van der Waals surface area contributed by atoms with Gasteiger partial charge in [0.1, 0.15) is 11.2 Å². The van der Waals surface area contributed by atoms with Gasteiger partial charge in [-0.2, -0.15) is 0 Å². The molecule has 2 atom stereocenters. The fraction of sp³-hybridized carbons (Fsp3) is 0.350. The van der Waals surface area contributed by atoms with E-state index in [2.05, 4.69) is 42.7 Å². The summed E-state index contributed by atoms with van der Waals surface area (Å²) in [4.78, 5) is 14.1. The van der Waals surface area contributed by atoms with Crippen molar-refractivity contribution >= 4 is 28.3 Å². The van der Waals surface area contributed by atoms with Crippen LogP contribution in [-0.2, 0) is 12.8 Å². The summed E-state index contributed by atoms with van der Waals surface area (Å²) in [6.07, 6.45) is 5.30. The fourth-order valence-electron chi connectivity index (χ4n) is 3.59. The number of carbonyl (C=O) groups excluding carboxylic acids is 1. The maximum Gasteiger partial charge on any atom is 0.256 e. The summed E-state index contributed by atoms with van der Waals surface area (Å²) < 4.78 is 0. The molecule has 0 unspecified atom stereocenters. The summed E-state index contributed by atoms with van der Waals surface area (Å²) in [6.45, 7) is 4.36. The zero-order chi connectivity index (χ0) is 16.7. The van der Waals surface area contributed by atoms with Crippen LogP contribution >= 0.6 is 11.3 Å². The molecule has 1 amide bonds. The molecule has 1 aliphatic carbocycles. The van der Waals surface area contributed by atoms with E-state index in [0.29, 0.717) is 0 Å². The molecule has 0 spiro atoms. The van der Waals surface area contributed by atoms with Gasteiger partial charge in [-0.3, -0.25) is 4.79 Å². The zero-order valence-electron chi connectivity index (χ0n) is 14.1. The van der Waals surface area contributed by atoms with Crippen molar-refractivity contribution in [1.82, 2.24) is 5.32 Å². The summed E-state index contributed by atoms with van der Waals surface area (Å²) >= 11 is 1.77. The van der Waals surface area contributed by atoms with Crippen molar-refractivity contribution in [2.45, 2.75) is 39.3 Å². The standard InChI is InChI=1S/C20H22N2OS/c1-12-8-9-15-16(10-12)24-20-17(15)19(23)21-18(22-20)13(2)11-14-6-4-3-5-7-14/h3-7,11-12,18,22H,8-10H2,1-2H3,(H,21,23)/b13-11+/t12-,18-/m1/s1. The van der Waals surface area contributed by atoms with Gasteiger partial charge in [-0.25, -0.2) is 0 Å². The second-order valence-corrected chi connectivity index (χ2v) is 8.01. The van der Waals surface area contributed by atoms with E-state index in [0.717, 1.165) is 40.5 Å². The molecule has 24 heavy (non-hydrogen) atoms. The van der Waals surface area contributed by atoms with Crippen molar-refractivity contribution in [1.29, 1.82) is 0 Å². The monoisotopic (exact) mass is 338 g/mol. The molecule has 2 aliphatic rings. The molecule has 4 heteroatoms. The van der Waals surface area contributed by atoms with Crippen LogP contribution in [0.1, 0.15) is 46.6 Å². The summed E-state index contributed by atoms with van der Waals surface area (Å²) in [5.41, 5.74) is 4.43. The van der Waals surface area contributed by atoms with E-state index in [-0.39, 0.29) is 12.1 Å². The van der Waals surface area contributed by atoms with E-state index < -0.39 is 0 Å². The first-order chi connectivity index (χ1) is 11.6. The van der Waals surface area contributed by atoms with E-state index in [1.807, 2.05) is 18.2 Å². The van der Waals surface area contributed by atoms with Crippen LogP contribution in [0.25, 0.3) is 6.08 Å². The number of fused-ring (bicyclic) bond motifs is 3. The number of amides is 1. The van der Waals surface area contributed by atoms with Gasteiger partial charge in [-0.1, -0.05) is 43.3 Å². The zero-order valence-corrected chi connectivity index (χ0v) is 14.9. The molecule has 1 aromatic heterocycles. The molecule has 0 bridgehead atoms. The Morgan fingerprint density at radius 2 is 2.04 bits per heavy atom. The molecule has 2 N–H and O–H groups in total. The lowest BCUT2D eigenvalue weighted by molar-refractivity contribution is 0.0941. The molecule has 0 saturated carbocycles. The highest BCUT2D eigenvalue weighted by molar-refractivity contribution is 7.16. The number of carbonyl (C=O) groups is 1. The second-order valence-electron chi connectivity index (χ2n) is 6.91. The number of benzene rings is 1. The Bertz CT molecular complexity index is 807. The highest BCUT2D eigenvalue weighted by Crippen LogP contribution is 2.41. The smallest absolute Gasteiger partial charge is 0.256 e. The Balaban J connectivity index is 1.63. The van der Waals surface area contributed by atoms with Gasteiger partial charge < -0.3 is 10.6 Å². The second kappa shape index (κ2) is 6.10. The van der Waals surface area contributed by atoms with Crippen LogP contribution in [0, 0.1) is 5.92 Å². The average molecular weight is 338 g/mol. The third kappa shape index (κ3) is 2.75. The maximum atomic E-state index is 12.7. The minimum atomic E-state index is -0.136. The van der Waals surface area contributed by atoms with Gasteiger partial charge in [0.25, 0.3) is 5.91 Å². The summed E-state index contributed by atoms with van der Waals surface area (Å²) in [6, 6.07) is 10.2. The third-order valence-corrected chi connectivity index (χ3v) is 6.12. The number of rotatable bonds is 2. The van der Waals surface area contributed by atoms with Crippen molar-refractivity contribution in [2.75, 3.05) is 5.32 Å². The molecule has 0 fully saturated rings. The van der Waals surface area contributed by atoms with E-state index in [9.17, 15) is 4.79 Å². The first-order valence-electron chi connectivity index (χ1n) is 8.57. The highest BCUT2D eigenvalue weighted by Gasteiger charge is 2.32. The number of thiophene rings is 1. The van der Waals surface area contributed by atoms with Crippen LogP contribution < -0.4 is 10.6 Å². The van der Waals surface area contributed by atoms with Crippen LogP contribution in [0.3, 0.4) is 0 Å². The Labute approximate surface area is 146 Å². The van der Waals surface area contributed by atoms with Gasteiger partial charge in [0.2, 0.25) is 0 Å². The van der Waals surface area contributed by atoms with Gasteiger partial charge in [-0.15, -0.1) is 11.3 Å². The normalized spacial score (nSPS) is 23.1. The Hall–Kier alpha value is -2.07. The van der Waals surface area contributed by atoms with Crippen molar-refractivity contribution in [2.24, 2.45) is 5.92 Å².